The van der Waals surface area contributed by atoms with Crippen molar-refractivity contribution in [2.75, 3.05) is 13.2 Å². The van der Waals surface area contributed by atoms with Crippen LogP contribution in [-0.4, -0.2) is 19.1 Å². The minimum Gasteiger partial charge on any atom is -0.491 e. The zero-order valence-corrected chi connectivity index (χ0v) is 13.0. The molecule has 3 unspecified atom stereocenters. The van der Waals surface area contributed by atoms with Gasteiger partial charge in [0.1, 0.15) is 12.4 Å². The Morgan fingerprint density at radius 1 is 1.24 bits per heavy atom. The van der Waals surface area contributed by atoms with Gasteiger partial charge in [-0.1, -0.05) is 24.6 Å². The first-order chi connectivity index (χ1) is 10.1. The lowest BCUT2D eigenvalue weighted by atomic mass is 9.88. The van der Waals surface area contributed by atoms with E-state index in [4.69, 9.17) is 4.74 Å². The number of hydrogen-bond donors (Lipinski definition) is 1. The predicted molar refractivity (Wildman–Crippen MR) is 83.4 cm³/mol. The van der Waals surface area contributed by atoms with E-state index in [9.17, 15) is 4.79 Å². The molecule has 0 saturated heterocycles. The molecule has 0 aromatic heterocycles. The Morgan fingerprint density at radius 2 is 2.00 bits per heavy atom. The van der Waals surface area contributed by atoms with Crippen LogP contribution in [0.15, 0.2) is 18.2 Å². The van der Waals surface area contributed by atoms with Crippen molar-refractivity contribution >= 4 is 5.91 Å². The third-order valence-corrected chi connectivity index (χ3v) is 5.13. The number of rotatable bonds is 5. The number of carbonyl (C=O) groups excluding carboxylic acids is 1. The molecule has 3 rings (SSSR count). The molecule has 2 fully saturated rings. The lowest BCUT2D eigenvalue weighted by molar-refractivity contribution is -0.126. The second-order valence-electron chi connectivity index (χ2n) is 6.64. The summed E-state index contributed by atoms with van der Waals surface area (Å²) in [5.41, 5.74) is 2.30. The summed E-state index contributed by atoms with van der Waals surface area (Å²) in [7, 11) is 0. The molecule has 1 aromatic rings. The van der Waals surface area contributed by atoms with E-state index in [1.165, 1.54) is 19.3 Å². The molecule has 3 heteroatoms. The standard InChI is InChI=1S/C18H25NO2/c1-12-4-3-5-13(2)17(12)21-9-8-19-18(20)16-11-14-6-7-15(16)10-14/h3-5,14-16H,6-11H2,1-2H3,(H,19,20). The van der Waals surface area contributed by atoms with E-state index in [1.807, 2.05) is 6.07 Å². The van der Waals surface area contributed by atoms with Crippen molar-refractivity contribution in [3.63, 3.8) is 0 Å². The molecule has 2 aliphatic rings. The number of carbonyl (C=O) groups is 1. The summed E-state index contributed by atoms with van der Waals surface area (Å²) in [5, 5.41) is 3.05. The van der Waals surface area contributed by atoms with Crippen LogP contribution in [0.1, 0.15) is 36.8 Å². The molecule has 0 heterocycles. The van der Waals surface area contributed by atoms with Gasteiger partial charge in [0.25, 0.3) is 0 Å². The molecule has 0 radical (unpaired) electrons. The zero-order valence-electron chi connectivity index (χ0n) is 13.0. The smallest absolute Gasteiger partial charge is 0.223 e. The van der Waals surface area contributed by atoms with Gasteiger partial charge in [0, 0.05) is 5.92 Å². The highest BCUT2D eigenvalue weighted by Gasteiger charge is 2.42. The van der Waals surface area contributed by atoms with Gasteiger partial charge in [0.05, 0.1) is 6.54 Å². The Kier molecular flexibility index (Phi) is 4.18. The Balaban J connectivity index is 1.43. The Morgan fingerprint density at radius 3 is 2.62 bits per heavy atom. The highest BCUT2D eigenvalue weighted by molar-refractivity contribution is 5.79. The van der Waals surface area contributed by atoms with E-state index in [-0.39, 0.29) is 11.8 Å². The number of nitrogens with one attached hydrogen (secondary N) is 1. The SMILES string of the molecule is Cc1cccc(C)c1OCCNC(=O)C1CC2CCC1C2. The number of para-hydroxylation sites is 1. The topological polar surface area (TPSA) is 38.3 Å². The number of aryl methyl sites for hydroxylation is 2. The largest absolute Gasteiger partial charge is 0.491 e. The number of amides is 1. The van der Waals surface area contributed by atoms with Gasteiger partial charge in [0.15, 0.2) is 0 Å². The summed E-state index contributed by atoms with van der Waals surface area (Å²) < 4.78 is 5.83. The van der Waals surface area contributed by atoms with E-state index in [1.54, 1.807) is 0 Å². The van der Waals surface area contributed by atoms with Crippen LogP contribution >= 0.6 is 0 Å². The maximum absolute atomic E-state index is 12.2. The van der Waals surface area contributed by atoms with Crippen molar-refractivity contribution in [1.29, 1.82) is 0 Å². The second-order valence-corrected chi connectivity index (χ2v) is 6.64. The van der Waals surface area contributed by atoms with Gasteiger partial charge in [-0.25, -0.2) is 0 Å². The van der Waals surface area contributed by atoms with Gasteiger partial charge in [-0.05, 0) is 56.1 Å². The molecule has 2 aliphatic carbocycles. The Hall–Kier alpha value is -1.51. The number of benzene rings is 1. The van der Waals surface area contributed by atoms with Gasteiger partial charge in [-0.15, -0.1) is 0 Å². The van der Waals surface area contributed by atoms with E-state index >= 15 is 0 Å². The van der Waals surface area contributed by atoms with E-state index in [2.05, 4.69) is 31.3 Å². The summed E-state index contributed by atoms with van der Waals surface area (Å²) in [4.78, 5) is 12.2. The van der Waals surface area contributed by atoms with Crippen LogP contribution in [0.2, 0.25) is 0 Å². The first kappa shape index (κ1) is 14.4. The zero-order chi connectivity index (χ0) is 14.8. The summed E-state index contributed by atoms with van der Waals surface area (Å²) in [6.45, 7) is 5.24. The van der Waals surface area contributed by atoms with Gasteiger partial charge < -0.3 is 10.1 Å². The number of hydrogen-bond acceptors (Lipinski definition) is 2. The lowest BCUT2D eigenvalue weighted by Crippen LogP contribution is -2.36. The van der Waals surface area contributed by atoms with Crippen LogP contribution < -0.4 is 10.1 Å². The summed E-state index contributed by atoms with van der Waals surface area (Å²) in [6, 6.07) is 6.14. The Labute approximate surface area is 127 Å². The molecular weight excluding hydrogens is 262 g/mol. The fourth-order valence-corrected chi connectivity index (χ4v) is 4.05. The third-order valence-electron chi connectivity index (χ3n) is 5.13. The van der Waals surface area contributed by atoms with Crippen molar-refractivity contribution in [2.24, 2.45) is 17.8 Å². The molecular formula is C18H25NO2. The molecule has 0 spiro atoms. The van der Waals surface area contributed by atoms with E-state index in [0.29, 0.717) is 19.1 Å². The molecule has 3 nitrogen and oxygen atoms in total. The van der Waals surface area contributed by atoms with Crippen molar-refractivity contribution in [2.45, 2.75) is 39.5 Å². The summed E-state index contributed by atoms with van der Waals surface area (Å²) in [5.74, 6) is 2.93. The average molecular weight is 287 g/mol. The molecule has 2 bridgehead atoms. The van der Waals surface area contributed by atoms with Crippen LogP contribution in [0.5, 0.6) is 5.75 Å². The van der Waals surface area contributed by atoms with Crippen molar-refractivity contribution in [3.8, 4) is 5.75 Å². The monoisotopic (exact) mass is 287 g/mol. The van der Waals surface area contributed by atoms with E-state index < -0.39 is 0 Å². The van der Waals surface area contributed by atoms with Gasteiger partial charge >= 0.3 is 0 Å². The van der Waals surface area contributed by atoms with Crippen LogP contribution in [-0.2, 0) is 4.79 Å². The predicted octanol–water partition coefficient (Wildman–Crippen LogP) is 3.23. The molecule has 0 aliphatic heterocycles. The maximum atomic E-state index is 12.2. The highest BCUT2D eigenvalue weighted by atomic mass is 16.5. The summed E-state index contributed by atoms with van der Waals surface area (Å²) in [6.07, 6.45) is 4.97. The average Bonchev–Trinajstić information content (AvgIpc) is 3.08. The Bertz CT molecular complexity index is 506. The minimum atomic E-state index is 0.243. The molecule has 1 amide bonds. The number of fused-ring (bicyclic) bond motifs is 2. The molecule has 2 saturated carbocycles. The van der Waals surface area contributed by atoms with Crippen LogP contribution in [0.3, 0.4) is 0 Å². The van der Waals surface area contributed by atoms with Crippen molar-refractivity contribution < 1.29 is 9.53 Å². The lowest BCUT2D eigenvalue weighted by Gasteiger charge is -2.21. The highest BCUT2D eigenvalue weighted by Crippen LogP contribution is 2.48. The fourth-order valence-electron chi connectivity index (χ4n) is 4.05. The first-order valence-corrected chi connectivity index (χ1v) is 8.12. The first-order valence-electron chi connectivity index (χ1n) is 8.12. The van der Waals surface area contributed by atoms with Crippen molar-refractivity contribution in [3.05, 3.63) is 29.3 Å². The van der Waals surface area contributed by atoms with Crippen LogP contribution in [0.25, 0.3) is 0 Å². The summed E-state index contributed by atoms with van der Waals surface area (Å²) >= 11 is 0. The van der Waals surface area contributed by atoms with Gasteiger partial charge in [0.2, 0.25) is 5.91 Å². The quantitative estimate of drug-likeness (QED) is 0.844. The molecule has 3 atom stereocenters. The number of ether oxygens (including phenoxy) is 1. The van der Waals surface area contributed by atoms with Crippen LogP contribution in [0, 0.1) is 31.6 Å². The molecule has 1 N–H and O–H groups in total. The maximum Gasteiger partial charge on any atom is 0.223 e. The fraction of sp³-hybridized carbons (Fsp3) is 0.611. The third kappa shape index (κ3) is 3.07. The molecule has 21 heavy (non-hydrogen) atoms. The molecule has 114 valence electrons. The van der Waals surface area contributed by atoms with Crippen LogP contribution in [0.4, 0.5) is 0 Å². The van der Waals surface area contributed by atoms with Gasteiger partial charge in [-0.3, -0.25) is 4.79 Å². The molecule has 1 aromatic carbocycles. The minimum absolute atomic E-state index is 0.243. The normalized spacial score (nSPS) is 26.9. The second kappa shape index (κ2) is 6.08. The van der Waals surface area contributed by atoms with E-state index in [0.717, 1.165) is 29.2 Å². The van der Waals surface area contributed by atoms with Gasteiger partial charge in [-0.2, -0.15) is 0 Å². The van der Waals surface area contributed by atoms with Crippen molar-refractivity contribution in [1.82, 2.24) is 5.32 Å².